The van der Waals surface area contributed by atoms with Crippen LogP contribution in [0, 0.1) is 13.8 Å². The van der Waals surface area contributed by atoms with Gasteiger partial charge in [-0.3, -0.25) is 4.98 Å². The molecule has 0 aliphatic heterocycles. The molecule has 0 amide bonds. The van der Waals surface area contributed by atoms with E-state index < -0.39 is 6.10 Å². The molecule has 0 aromatic carbocycles. The van der Waals surface area contributed by atoms with Crippen LogP contribution in [0.3, 0.4) is 0 Å². The van der Waals surface area contributed by atoms with Crippen molar-refractivity contribution in [3.05, 3.63) is 29.1 Å². The summed E-state index contributed by atoms with van der Waals surface area (Å²) >= 11 is 0. The lowest BCUT2D eigenvalue weighted by molar-refractivity contribution is 0.161. The fourth-order valence-electron chi connectivity index (χ4n) is 1.46. The van der Waals surface area contributed by atoms with Crippen molar-refractivity contribution >= 4 is 0 Å². The summed E-state index contributed by atoms with van der Waals surface area (Å²) < 4.78 is 0. The maximum atomic E-state index is 9.71. The summed E-state index contributed by atoms with van der Waals surface area (Å²) in [6.07, 6.45) is 1.37. The van der Waals surface area contributed by atoms with Gasteiger partial charge in [0.1, 0.15) is 0 Å². The van der Waals surface area contributed by atoms with Gasteiger partial charge < -0.3 is 5.11 Å². The molecule has 0 spiro atoms. The Morgan fingerprint density at radius 1 is 1.38 bits per heavy atom. The summed E-state index contributed by atoms with van der Waals surface area (Å²) in [5, 5.41) is 9.71. The van der Waals surface area contributed by atoms with E-state index in [-0.39, 0.29) is 0 Å². The number of aryl methyl sites for hydroxylation is 2. The molecule has 1 atom stereocenters. The lowest BCUT2D eigenvalue weighted by Crippen LogP contribution is -2.01. The van der Waals surface area contributed by atoms with Gasteiger partial charge >= 0.3 is 0 Å². The van der Waals surface area contributed by atoms with Gasteiger partial charge in [0.05, 0.1) is 11.8 Å². The first kappa shape index (κ1) is 10.2. The molecule has 0 aliphatic rings. The molecule has 0 aliphatic carbocycles. The molecule has 0 radical (unpaired) electrons. The van der Waals surface area contributed by atoms with Crippen molar-refractivity contribution in [3.8, 4) is 0 Å². The van der Waals surface area contributed by atoms with Crippen molar-refractivity contribution in [2.75, 3.05) is 0 Å². The molecular weight excluding hydrogens is 162 g/mol. The van der Waals surface area contributed by atoms with Gasteiger partial charge in [0.25, 0.3) is 0 Å². The van der Waals surface area contributed by atoms with E-state index in [0.717, 1.165) is 29.8 Å². The van der Waals surface area contributed by atoms with Crippen LogP contribution in [0.1, 0.15) is 42.8 Å². The summed E-state index contributed by atoms with van der Waals surface area (Å²) in [5.74, 6) is 0. The molecule has 1 aromatic heterocycles. The van der Waals surface area contributed by atoms with Crippen molar-refractivity contribution in [1.29, 1.82) is 0 Å². The number of aromatic nitrogens is 1. The first-order valence-electron chi connectivity index (χ1n) is 4.76. The molecule has 0 bridgehead atoms. The highest BCUT2D eigenvalue weighted by molar-refractivity contribution is 5.20. The van der Waals surface area contributed by atoms with E-state index in [4.69, 9.17) is 0 Å². The summed E-state index contributed by atoms with van der Waals surface area (Å²) in [7, 11) is 0. The third-order valence-corrected chi connectivity index (χ3v) is 2.02. The zero-order valence-corrected chi connectivity index (χ0v) is 8.54. The maximum absolute atomic E-state index is 9.71. The second-order valence-electron chi connectivity index (χ2n) is 3.52. The van der Waals surface area contributed by atoms with E-state index in [0.29, 0.717) is 0 Å². The van der Waals surface area contributed by atoms with Gasteiger partial charge in [0.15, 0.2) is 0 Å². The minimum atomic E-state index is -0.399. The summed E-state index contributed by atoms with van der Waals surface area (Å²) in [5.41, 5.74) is 2.95. The Hall–Kier alpha value is -0.890. The van der Waals surface area contributed by atoms with Crippen LogP contribution in [-0.4, -0.2) is 10.1 Å². The molecule has 72 valence electrons. The Bertz CT molecular complexity index is 263. The van der Waals surface area contributed by atoms with E-state index in [1.165, 1.54) is 0 Å². The quantitative estimate of drug-likeness (QED) is 0.773. The minimum absolute atomic E-state index is 0.399. The average Bonchev–Trinajstić information content (AvgIpc) is 2.03. The van der Waals surface area contributed by atoms with E-state index in [1.54, 1.807) is 0 Å². The van der Waals surface area contributed by atoms with Crippen molar-refractivity contribution in [2.45, 2.75) is 39.7 Å². The topological polar surface area (TPSA) is 33.1 Å². The molecule has 2 heteroatoms. The first-order valence-corrected chi connectivity index (χ1v) is 4.76. The molecule has 0 unspecified atom stereocenters. The summed E-state index contributed by atoms with van der Waals surface area (Å²) in [6, 6.07) is 3.97. The zero-order chi connectivity index (χ0) is 9.84. The van der Waals surface area contributed by atoms with E-state index in [1.807, 2.05) is 26.0 Å². The van der Waals surface area contributed by atoms with Crippen molar-refractivity contribution in [1.82, 2.24) is 4.98 Å². The van der Waals surface area contributed by atoms with Crippen molar-refractivity contribution < 1.29 is 5.11 Å². The lowest BCUT2D eigenvalue weighted by atomic mass is 10.1. The van der Waals surface area contributed by atoms with Crippen LogP contribution in [0.15, 0.2) is 12.1 Å². The molecule has 1 heterocycles. The van der Waals surface area contributed by atoms with Gasteiger partial charge in [0.2, 0.25) is 0 Å². The molecular formula is C11H17NO. The average molecular weight is 179 g/mol. The highest BCUT2D eigenvalue weighted by Crippen LogP contribution is 2.17. The number of aliphatic hydroxyl groups excluding tert-OH is 1. The standard InChI is InChI=1S/C11H17NO/c1-4-5-11(13)10-7-8(2)6-9(3)12-10/h6-7,11,13H,4-5H2,1-3H3/t11-/m0/s1. The van der Waals surface area contributed by atoms with Crippen LogP contribution in [0.2, 0.25) is 0 Å². The first-order chi connectivity index (χ1) is 6.13. The van der Waals surface area contributed by atoms with Crippen LogP contribution in [-0.2, 0) is 0 Å². The minimum Gasteiger partial charge on any atom is -0.387 e. The van der Waals surface area contributed by atoms with Gasteiger partial charge in [-0.2, -0.15) is 0 Å². The fourth-order valence-corrected chi connectivity index (χ4v) is 1.46. The van der Waals surface area contributed by atoms with Crippen LogP contribution in [0.25, 0.3) is 0 Å². The predicted octanol–water partition coefficient (Wildman–Crippen LogP) is 2.53. The third-order valence-electron chi connectivity index (χ3n) is 2.02. The van der Waals surface area contributed by atoms with Crippen LogP contribution >= 0.6 is 0 Å². The number of pyridine rings is 1. The molecule has 1 aromatic rings. The summed E-state index contributed by atoms with van der Waals surface area (Å²) in [4.78, 5) is 4.30. The number of rotatable bonds is 3. The number of nitrogens with zero attached hydrogens (tertiary/aromatic N) is 1. The molecule has 1 N–H and O–H groups in total. The van der Waals surface area contributed by atoms with E-state index >= 15 is 0 Å². The van der Waals surface area contributed by atoms with Crippen LogP contribution < -0.4 is 0 Å². The lowest BCUT2D eigenvalue weighted by Gasteiger charge is -2.10. The highest BCUT2D eigenvalue weighted by atomic mass is 16.3. The molecule has 0 saturated heterocycles. The monoisotopic (exact) mass is 179 g/mol. The van der Waals surface area contributed by atoms with Gasteiger partial charge in [-0.25, -0.2) is 0 Å². The molecule has 13 heavy (non-hydrogen) atoms. The summed E-state index contributed by atoms with van der Waals surface area (Å²) in [6.45, 7) is 6.04. The second kappa shape index (κ2) is 4.38. The Morgan fingerprint density at radius 2 is 2.08 bits per heavy atom. The third kappa shape index (κ3) is 2.81. The Balaban J connectivity index is 2.87. The zero-order valence-electron chi connectivity index (χ0n) is 8.54. The number of aliphatic hydroxyl groups is 1. The molecule has 0 saturated carbocycles. The SMILES string of the molecule is CCC[C@H](O)c1cc(C)cc(C)n1. The van der Waals surface area contributed by atoms with E-state index in [2.05, 4.69) is 11.9 Å². The molecule has 2 nitrogen and oxygen atoms in total. The number of hydrogen-bond acceptors (Lipinski definition) is 2. The smallest absolute Gasteiger partial charge is 0.0959 e. The maximum Gasteiger partial charge on any atom is 0.0959 e. The van der Waals surface area contributed by atoms with Gasteiger partial charge in [-0.05, 0) is 38.0 Å². The molecule has 1 rings (SSSR count). The highest BCUT2D eigenvalue weighted by Gasteiger charge is 2.08. The second-order valence-corrected chi connectivity index (χ2v) is 3.52. The Kier molecular flexibility index (Phi) is 3.43. The fraction of sp³-hybridized carbons (Fsp3) is 0.545. The van der Waals surface area contributed by atoms with Gasteiger partial charge in [-0.1, -0.05) is 13.3 Å². The van der Waals surface area contributed by atoms with Crippen molar-refractivity contribution in [2.24, 2.45) is 0 Å². The normalized spacial score (nSPS) is 12.9. The van der Waals surface area contributed by atoms with E-state index in [9.17, 15) is 5.11 Å². The van der Waals surface area contributed by atoms with Gasteiger partial charge in [0, 0.05) is 5.69 Å². The Morgan fingerprint density at radius 3 is 2.62 bits per heavy atom. The van der Waals surface area contributed by atoms with Crippen LogP contribution in [0.4, 0.5) is 0 Å². The van der Waals surface area contributed by atoms with Gasteiger partial charge in [-0.15, -0.1) is 0 Å². The predicted molar refractivity (Wildman–Crippen MR) is 53.6 cm³/mol. The van der Waals surface area contributed by atoms with Crippen LogP contribution in [0.5, 0.6) is 0 Å². The largest absolute Gasteiger partial charge is 0.387 e. The molecule has 0 fully saturated rings. The Labute approximate surface area is 79.6 Å². The number of hydrogen-bond donors (Lipinski definition) is 1. The van der Waals surface area contributed by atoms with Crippen molar-refractivity contribution in [3.63, 3.8) is 0 Å².